The molecule has 0 aliphatic rings. The van der Waals surface area contributed by atoms with Gasteiger partial charge in [0.15, 0.2) is 0 Å². The van der Waals surface area contributed by atoms with Gasteiger partial charge in [0.05, 0.1) is 24.4 Å². The number of carbonyl (C=O) groups excluding carboxylic acids is 1. The number of methoxy groups -OCH3 is 1. The van der Waals surface area contributed by atoms with Crippen molar-refractivity contribution in [2.75, 3.05) is 20.3 Å². The van der Waals surface area contributed by atoms with Gasteiger partial charge in [0, 0.05) is 13.7 Å². The molecule has 0 saturated heterocycles. The fourth-order valence-electron chi connectivity index (χ4n) is 3.06. The average Bonchev–Trinajstić information content (AvgIpc) is 2.76. The van der Waals surface area contributed by atoms with Crippen LogP contribution >= 0.6 is 0 Å². The first-order valence-corrected chi connectivity index (χ1v) is 9.86. The smallest absolute Gasteiger partial charge is 0.383 e. The quantitative estimate of drug-likeness (QED) is 0.543. The maximum atomic E-state index is 13.1. The first-order valence-electron chi connectivity index (χ1n) is 9.86. The third-order valence-electron chi connectivity index (χ3n) is 4.73. The lowest BCUT2D eigenvalue weighted by atomic mass is 10.1. The molecule has 174 valence electrons. The van der Waals surface area contributed by atoms with Gasteiger partial charge in [-0.3, -0.25) is 14.2 Å². The molecule has 2 aromatic carbocycles. The van der Waals surface area contributed by atoms with E-state index in [0.717, 1.165) is 26.9 Å². The topological polar surface area (TPSA) is 95.2 Å². The van der Waals surface area contributed by atoms with E-state index >= 15 is 0 Å². The molecule has 33 heavy (non-hydrogen) atoms. The highest BCUT2D eigenvalue weighted by Crippen LogP contribution is 2.29. The first-order chi connectivity index (χ1) is 15.6. The zero-order valence-electron chi connectivity index (χ0n) is 17.8. The van der Waals surface area contributed by atoms with Crippen LogP contribution in [0, 0.1) is 6.92 Å². The highest BCUT2D eigenvalue weighted by molar-refractivity contribution is 5.91. The maximum Gasteiger partial charge on any atom is 0.416 e. The second-order valence-corrected chi connectivity index (χ2v) is 7.22. The predicted octanol–water partition coefficient (Wildman–Crippen LogP) is 2.15. The number of ether oxygens (including phenoxy) is 1. The number of aromatic nitrogens is 3. The summed E-state index contributed by atoms with van der Waals surface area (Å²) in [6, 6.07) is 10.8. The summed E-state index contributed by atoms with van der Waals surface area (Å²) in [5, 5.41) is 6.47. The van der Waals surface area contributed by atoms with Crippen molar-refractivity contribution in [1.29, 1.82) is 0 Å². The highest BCUT2D eigenvalue weighted by atomic mass is 19.4. The number of amides is 1. The van der Waals surface area contributed by atoms with Crippen LogP contribution in [-0.4, -0.2) is 40.5 Å². The van der Waals surface area contributed by atoms with Gasteiger partial charge in [-0.05, 0) is 42.3 Å². The van der Waals surface area contributed by atoms with Crippen molar-refractivity contribution >= 4 is 5.91 Å². The van der Waals surface area contributed by atoms with Crippen LogP contribution in [0.15, 0.2) is 58.1 Å². The third-order valence-corrected chi connectivity index (χ3v) is 4.73. The maximum absolute atomic E-state index is 13.1. The lowest BCUT2D eigenvalue weighted by molar-refractivity contribution is -0.137. The molecule has 1 heterocycles. The summed E-state index contributed by atoms with van der Waals surface area (Å²) >= 11 is 0. The lowest BCUT2D eigenvalue weighted by Crippen LogP contribution is -2.46. The number of halogens is 3. The van der Waals surface area contributed by atoms with Crippen molar-refractivity contribution < 1.29 is 22.7 Å². The number of nitrogens with one attached hydrogen (secondary N) is 1. The molecule has 0 radical (unpaired) electrons. The molecule has 0 aliphatic carbocycles. The number of aryl methyl sites for hydroxylation is 1. The Labute approximate surface area is 186 Å². The van der Waals surface area contributed by atoms with Crippen LogP contribution in [-0.2, 0) is 17.5 Å². The molecular formula is C22H21F3N4O4. The van der Waals surface area contributed by atoms with Gasteiger partial charge < -0.3 is 10.1 Å². The summed E-state index contributed by atoms with van der Waals surface area (Å²) in [4.78, 5) is 38.6. The van der Waals surface area contributed by atoms with E-state index in [2.05, 4.69) is 10.4 Å². The Morgan fingerprint density at radius 1 is 1.12 bits per heavy atom. The van der Waals surface area contributed by atoms with Gasteiger partial charge in [0.25, 0.3) is 11.5 Å². The van der Waals surface area contributed by atoms with Crippen molar-refractivity contribution in [3.8, 4) is 5.69 Å². The van der Waals surface area contributed by atoms with Crippen molar-refractivity contribution in [2.45, 2.75) is 19.6 Å². The van der Waals surface area contributed by atoms with E-state index in [0.29, 0.717) is 5.69 Å². The standard InChI is InChI=1S/C22H21F3N4O4/c1-14-4-3-5-17(12-14)29-21(32)28(13-15-6-8-16(9-7-15)22(23,24)25)20(31)18(27-29)19(30)26-10-11-33-2/h3-9,12H,10-11,13H2,1-2H3,(H,26,30). The van der Waals surface area contributed by atoms with Crippen LogP contribution in [0.5, 0.6) is 0 Å². The van der Waals surface area contributed by atoms with Crippen molar-refractivity contribution in [3.05, 3.63) is 91.8 Å². The van der Waals surface area contributed by atoms with E-state index in [9.17, 15) is 27.6 Å². The van der Waals surface area contributed by atoms with Crippen molar-refractivity contribution in [3.63, 3.8) is 0 Å². The number of alkyl halides is 3. The van der Waals surface area contributed by atoms with Crippen molar-refractivity contribution in [2.24, 2.45) is 0 Å². The Hall–Kier alpha value is -3.73. The summed E-state index contributed by atoms with van der Waals surface area (Å²) in [5.41, 5.74) is -1.77. The highest BCUT2D eigenvalue weighted by Gasteiger charge is 2.30. The molecule has 0 atom stereocenters. The van der Waals surface area contributed by atoms with Gasteiger partial charge in [0.1, 0.15) is 0 Å². The molecule has 1 aromatic heterocycles. The van der Waals surface area contributed by atoms with Gasteiger partial charge in [-0.1, -0.05) is 24.3 Å². The van der Waals surface area contributed by atoms with E-state index < -0.39 is 34.6 Å². The second kappa shape index (κ2) is 9.82. The van der Waals surface area contributed by atoms with E-state index in [1.807, 2.05) is 0 Å². The van der Waals surface area contributed by atoms with Crippen LogP contribution in [0.4, 0.5) is 13.2 Å². The van der Waals surface area contributed by atoms with E-state index in [1.165, 1.54) is 19.2 Å². The Bertz CT molecular complexity index is 1260. The molecule has 0 aliphatic heterocycles. The summed E-state index contributed by atoms with van der Waals surface area (Å²) in [6.07, 6.45) is -4.52. The van der Waals surface area contributed by atoms with Crippen LogP contribution in [0.1, 0.15) is 27.2 Å². The normalized spacial score (nSPS) is 11.4. The van der Waals surface area contributed by atoms with Gasteiger partial charge in [-0.15, -0.1) is 0 Å². The number of nitrogens with zero attached hydrogens (tertiary/aromatic N) is 3. The fourth-order valence-corrected chi connectivity index (χ4v) is 3.06. The van der Waals surface area contributed by atoms with Crippen LogP contribution in [0.2, 0.25) is 0 Å². The first kappa shape index (κ1) is 23.9. The molecular weight excluding hydrogens is 441 g/mol. The minimum atomic E-state index is -4.52. The van der Waals surface area contributed by atoms with Gasteiger partial charge in [0.2, 0.25) is 5.69 Å². The van der Waals surface area contributed by atoms with E-state index in [1.54, 1.807) is 31.2 Å². The third kappa shape index (κ3) is 5.55. The monoisotopic (exact) mass is 462 g/mol. The fraction of sp³-hybridized carbons (Fsp3) is 0.273. The number of carbonyl (C=O) groups is 1. The van der Waals surface area contributed by atoms with Crippen molar-refractivity contribution in [1.82, 2.24) is 19.7 Å². The molecule has 1 N–H and O–H groups in total. The molecule has 0 fully saturated rings. The van der Waals surface area contributed by atoms with E-state index in [-0.39, 0.29) is 25.3 Å². The molecule has 8 nitrogen and oxygen atoms in total. The molecule has 0 bridgehead atoms. The Morgan fingerprint density at radius 3 is 2.42 bits per heavy atom. The number of hydrogen-bond donors (Lipinski definition) is 1. The predicted molar refractivity (Wildman–Crippen MR) is 114 cm³/mol. The molecule has 3 rings (SSSR count). The van der Waals surface area contributed by atoms with E-state index in [4.69, 9.17) is 4.74 Å². The molecule has 11 heteroatoms. The van der Waals surface area contributed by atoms with Gasteiger partial charge in [-0.2, -0.15) is 23.0 Å². The van der Waals surface area contributed by atoms with Gasteiger partial charge in [-0.25, -0.2) is 4.79 Å². The molecule has 1 amide bonds. The summed E-state index contributed by atoms with van der Waals surface area (Å²) < 4.78 is 45.1. The molecule has 0 saturated carbocycles. The SMILES string of the molecule is COCCNC(=O)c1nn(-c2cccc(C)c2)c(=O)n(Cc2ccc(C(F)(F)F)cc2)c1=O. The minimum absolute atomic E-state index is 0.110. The Morgan fingerprint density at radius 2 is 1.82 bits per heavy atom. The minimum Gasteiger partial charge on any atom is -0.383 e. The molecule has 0 unspecified atom stereocenters. The molecule has 0 spiro atoms. The lowest BCUT2D eigenvalue weighted by Gasteiger charge is -2.13. The zero-order chi connectivity index (χ0) is 24.2. The van der Waals surface area contributed by atoms with Crippen LogP contribution in [0.25, 0.3) is 5.69 Å². The summed E-state index contributed by atoms with van der Waals surface area (Å²) in [7, 11) is 1.44. The number of hydrogen-bond acceptors (Lipinski definition) is 5. The number of rotatable bonds is 7. The summed E-state index contributed by atoms with van der Waals surface area (Å²) in [6.45, 7) is 1.76. The summed E-state index contributed by atoms with van der Waals surface area (Å²) in [5.74, 6) is -0.806. The van der Waals surface area contributed by atoms with Crippen LogP contribution < -0.4 is 16.6 Å². The zero-order valence-corrected chi connectivity index (χ0v) is 17.8. The van der Waals surface area contributed by atoms with Crippen LogP contribution in [0.3, 0.4) is 0 Å². The Balaban J connectivity index is 2.10. The average molecular weight is 462 g/mol. The molecule has 3 aromatic rings. The Kier molecular flexibility index (Phi) is 7.12. The largest absolute Gasteiger partial charge is 0.416 e. The number of benzene rings is 2. The second-order valence-electron chi connectivity index (χ2n) is 7.22. The van der Waals surface area contributed by atoms with Gasteiger partial charge >= 0.3 is 11.9 Å².